The lowest BCUT2D eigenvalue weighted by Crippen LogP contribution is -2.62. The van der Waals surface area contributed by atoms with Gasteiger partial charge in [-0.05, 0) is 0 Å². The Morgan fingerprint density at radius 1 is 1.62 bits per heavy atom. The van der Waals surface area contributed by atoms with Gasteiger partial charge in [-0.3, -0.25) is 4.79 Å². The number of hydrogen-bond acceptors (Lipinski definition) is 3. The number of carbonyl (C=O) groups is 2. The van der Waals surface area contributed by atoms with Crippen molar-refractivity contribution in [2.75, 3.05) is 6.54 Å². The van der Waals surface area contributed by atoms with Crippen LogP contribution in [0.4, 0.5) is 0 Å². The van der Waals surface area contributed by atoms with Crippen molar-refractivity contribution in [2.24, 2.45) is 16.5 Å². The molecule has 0 aliphatic carbocycles. The van der Waals surface area contributed by atoms with Gasteiger partial charge in [-0.15, -0.1) is 0 Å². The van der Waals surface area contributed by atoms with Crippen molar-refractivity contribution in [3.8, 4) is 0 Å². The second kappa shape index (κ2) is 4.38. The first kappa shape index (κ1) is 12.3. The van der Waals surface area contributed by atoms with Crippen LogP contribution in [-0.4, -0.2) is 40.1 Å². The number of nitrogens with two attached hydrogens (primary N) is 2. The van der Waals surface area contributed by atoms with Crippen LogP contribution < -0.4 is 11.5 Å². The Balaban J connectivity index is 3.10. The molecule has 1 aliphatic rings. The normalized spacial score (nSPS) is 18.6. The van der Waals surface area contributed by atoms with Gasteiger partial charge in [0.2, 0.25) is 11.6 Å². The zero-order chi connectivity index (χ0) is 12.3. The van der Waals surface area contributed by atoms with Crippen LogP contribution in [0, 0.1) is 0 Å². The Bertz CT molecular complexity index is 338. The highest BCUT2D eigenvalue weighted by Gasteiger charge is 2.49. The largest absolute Gasteiger partial charge is 0.478 e. The lowest BCUT2D eigenvalue weighted by atomic mass is 9.98. The van der Waals surface area contributed by atoms with Gasteiger partial charge in [0.15, 0.2) is 5.96 Å². The number of carboxylic acid groups (broad SMARTS) is 1. The van der Waals surface area contributed by atoms with Crippen LogP contribution in [0.3, 0.4) is 0 Å². The minimum atomic E-state index is -1.62. The number of nitrogens with zero attached hydrogens (tertiary/aromatic N) is 2. The van der Waals surface area contributed by atoms with Gasteiger partial charge in [0.05, 0.1) is 0 Å². The Labute approximate surface area is 93.1 Å². The molecule has 1 amide bonds. The van der Waals surface area contributed by atoms with Gasteiger partial charge in [-0.25, -0.2) is 9.79 Å². The van der Waals surface area contributed by atoms with Crippen molar-refractivity contribution in [2.45, 2.75) is 31.8 Å². The zero-order valence-corrected chi connectivity index (χ0v) is 9.14. The molecular weight excluding hydrogens is 212 g/mol. The Hall–Kier alpha value is -1.79. The summed E-state index contributed by atoms with van der Waals surface area (Å²) in [7, 11) is 0. The molecule has 0 bridgehead atoms. The van der Waals surface area contributed by atoms with Crippen LogP contribution in [0.2, 0.25) is 0 Å². The molecule has 16 heavy (non-hydrogen) atoms. The van der Waals surface area contributed by atoms with Gasteiger partial charge < -0.3 is 21.5 Å². The molecule has 0 radical (unpaired) electrons. The maximum atomic E-state index is 11.3. The Morgan fingerprint density at radius 2 is 2.25 bits per heavy atom. The molecule has 1 heterocycles. The molecule has 1 saturated heterocycles. The number of aliphatic carboxylic acids is 1. The zero-order valence-electron chi connectivity index (χ0n) is 9.14. The minimum Gasteiger partial charge on any atom is -0.478 e. The van der Waals surface area contributed by atoms with Gasteiger partial charge in [-0.1, -0.05) is 13.3 Å². The maximum absolute atomic E-state index is 11.3. The first-order chi connectivity index (χ1) is 7.44. The number of β-lactam (4-membered cyclic amide) rings is 1. The molecule has 0 aromatic rings. The quantitative estimate of drug-likeness (QED) is 0.319. The van der Waals surface area contributed by atoms with Crippen LogP contribution >= 0.6 is 0 Å². The van der Waals surface area contributed by atoms with E-state index in [1.165, 1.54) is 4.90 Å². The van der Waals surface area contributed by atoms with Gasteiger partial charge in [0.25, 0.3) is 0 Å². The third-order valence-electron chi connectivity index (χ3n) is 2.55. The van der Waals surface area contributed by atoms with E-state index in [2.05, 4.69) is 4.99 Å². The Kier molecular flexibility index (Phi) is 3.36. The predicted octanol–water partition coefficient (Wildman–Crippen LogP) is -0.927. The summed E-state index contributed by atoms with van der Waals surface area (Å²) in [5.41, 5.74) is 8.85. The summed E-state index contributed by atoms with van der Waals surface area (Å²) in [6.45, 7) is 2.19. The highest BCUT2D eigenvalue weighted by molar-refractivity contribution is 5.92. The summed E-state index contributed by atoms with van der Waals surface area (Å²) >= 11 is 0. The molecule has 1 atom stereocenters. The highest BCUT2D eigenvalue weighted by Crippen LogP contribution is 2.29. The van der Waals surface area contributed by atoms with Crippen molar-refractivity contribution in [1.82, 2.24) is 4.90 Å². The van der Waals surface area contributed by atoms with Crippen LogP contribution in [0.25, 0.3) is 0 Å². The molecule has 0 aromatic heterocycles. The van der Waals surface area contributed by atoms with Crippen molar-refractivity contribution in [3.05, 3.63) is 0 Å². The lowest BCUT2D eigenvalue weighted by Gasteiger charge is -2.42. The molecule has 7 nitrogen and oxygen atoms in total. The second-order valence-corrected chi connectivity index (χ2v) is 3.70. The van der Waals surface area contributed by atoms with Gasteiger partial charge in [0.1, 0.15) is 0 Å². The number of hydrogen-bond donors (Lipinski definition) is 3. The minimum absolute atomic E-state index is 0.200. The highest BCUT2D eigenvalue weighted by atomic mass is 16.4. The monoisotopic (exact) mass is 228 g/mol. The summed E-state index contributed by atoms with van der Waals surface area (Å²) in [6.07, 6.45) is 1.11. The van der Waals surface area contributed by atoms with Crippen molar-refractivity contribution < 1.29 is 14.7 Å². The van der Waals surface area contributed by atoms with Crippen LogP contribution in [-0.2, 0) is 9.59 Å². The van der Waals surface area contributed by atoms with E-state index in [-0.39, 0.29) is 18.3 Å². The molecule has 1 aliphatic heterocycles. The topological polar surface area (TPSA) is 122 Å². The van der Waals surface area contributed by atoms with E-state index in [1.807, 2.05) is 6.92 Å². The number of carboxylic acids is 1. The van der Waals surface area contributed by atoms with Crippen LogP contribution in [0.5, 0.6) is 0 Å². The third-order valence-corrected chi connectivity index (χ3v) is 2.55. The number of likely N-dealkylation sites (tertiary alicyclic amines) is 1. The van der Waals surface area contributed by atoms with E-state index in [0.29, 0.717) is 19.4 Å². The molecule has 0 saturated carbocycles. The fourth-order valence-corrected chi connectivity index (χ4v) is 1.79. The average Bonchev–Trinajstić information content (AvgIpc) is 2.14. The number of guanidine groups is 1. The molecular formula is C9H16N4O3. The second-order valence-electron chi connectivity index (χ2n) is 3.70. The van der Waals surface area contributed by atoms with Gasteiger partial charge in [-0.2, -0.15) is 0 Å². The number of rotatable bonds is 5. The van der Waals surface area contributed by atoms with E-state index in [4.69, 9.17) is 11.5 Å². The maximum Gasteiger partial charge on any atom is 0.352 e. The molecule has 5 N–H and O–H groups in total. The van der Waals surface area contributed by atoms with Crippen LogP contribution in [0.15, 0.2) is 4.99 Å². The SMILES string of the molecule is CCC[C@@](N=C(N)N)(C(=O)O)N1CCC1=O. The summed E-state index contributed by atoms with van der Waals surface area (Å²) < 4.78 is 0. The van der Waals surface area contributed by atoms with Crippen molar-refractivity contribution >= 4 is 17.8 Å². The number of aliphatic imine (C=N–C) groups is 1. The van der Waals surface area contributed by atoms with Crippen LogP contribution in [0.1, 0.15) is 26.2 Å². The Morgan fingerprint density at radius 3 is 2.50 bits per heavy atom. The summed E-state index contributed by atoms with van der Waals surface area (Å²) in [5, 5.41) is 9.24. The molecule has 0 spiro atoms. The number of carbonyl (C=O) groups excluding carboxylic acids is 1. The molecule has 0 aromatic carbocycles. The number of amides is 1. The molecule has 1 rings (SSSR count). The first-order valence-corrected chi connectivity index (χ1v) is 5.08. The standard InChI is InChI=1S/C9H16N4O3/c1-2-4-9(7(15)16,12-8(10)11)13-5-3-6(13)14/h2-5H2,1H3,(H,15,16)(H4,10,11,12)/t9-/m0/s1. The summed E-state index contributed by atoms with van der Waals surface area (Å²) in [4.78, 5) is 27.6. The first-order valence-electron chi connectivity index (χ1n) is 5.08. The lowest BCUT2D eigenvalue weighted by molar-refractivity contribution is -0.166. The van der Waals surface area contributed by atoms with Gasteiger partial charge >= 0.3 is 5.97 Å². The predicted molar refractivity (Wildman–Crippen MR) is 57.4 cm³/mol. The molecule has 0 unspecified atom stereocenters. The molecule has 90 valence electrons. The average molecular weight is 228 g/mol. The molecule has 1 fully saturated rings. The summed E-state index contributed by atoms with van der Waals surface area (Å²) in [6, 6.07) is 0. The van der Waals surface area contributed by atoms with Gasteiger partial charge in [0, 0.05) is 19.4 Å². The fraction of sp³-hybridized carbons (Fsp3) is 0.667. The summed E-state index contributed by atoms with van der Waals surface area (Å²) in [5.74, 6) is -1.76. The molecule has 7 heteroatoms. The fourth-order valence-electron chi connectivity index (χ4n) is 1.79. The van der Waals surface area contributed by atoms with Crippen molar-refractivity contribution in [1.29, 1.82) is 0 Å². The van der Waals surface area contributed by atoms with E-state index in [9.17, 15) is 14.7 Å². The van der Waals surface area contributed by atoms with E-state index >= 15 is 0 Å². The van der Waals surface area contributed by atoms with E-state index < -0.39 is 11.6 Å². The third kappa shape index (κ3) is 1.93. The van der Waals surface area contributed by atoms with E-state index in [1.54, 1.807) is 0 Å². The smallest absolute Gasteiger partial charge is 0.352 e. The van der Waals surface area contributed by atoms with E-state index in [0.717, 1.165) is 0 Å². The van der Waals surface area contributed by atoms with Crippen molar-refractivity contribution in [3.63, 3.8) is 0 Å².